The number of carbonyl (C=O) groups excluding carboxylic acids is 2. The molecule has 8 heteroatoms. The van der Waals surface area contributed by atoms with Gasteiger partial charge in [-0.3, -0.25) is 9.59 Å². The zero-order valence-corrected chi connectivity index (χ0v) is 14.7. The predicted molar refractivity (Wildman–Crippen MR) is 91.1 cm³/mol. The molecule has 2 aromatic rings. The fraction of sp³-hybridized carbons (Fsp3) is 0.176. The molecule has 0 aliphatic rings. The molecule has 0 heterocycles. The Labute approximate surface area is 150 Å². The van der Waals surface area contributed by atoms with E-state index in [0.717, 1.165) is 11.5 Å². The Morgan fingerprint density at radius 3 is 2.36 bits per heavy atom. The molecule has 0 aliphatic heterocycles. The Morgan fingerprint density at radius 1 is 1.12 bits per heavy atom. The molecule has 25 heavy (non-hydrogen) atoms. The Kier molecular flexibility index (Phi) is 5.84. The van der Waals surface area contributed by atoms with Crippen LogP contribution in [0.15, 0.2) is 53.0 Å². The Morgan fingerprint density at radius 2 is 1.76 bits per heavy atom. The van der Waals surface area contributed by atoms with Crippen molar-refractivity contribution in [1.29, 1.82) is 0 Å². The highest BCUT2D eigenvalue weighted by Gasteiger charge is 2.41. The van der Waals surface area contributed by atoms with Gasteiger partial charge < -0.3 is 10.2 Å². The number of nitrogens with zero attached hydrogens (tertiary/aromatic N) is 1. The third-order valence-electron chi connectivity index (χ3n) is 3.30. The number of alkyl halides is 3. The van der Waals surface area contributed by atoms with Crippen LogP contribution in [0.25, 0.3) is 0 Å². The number of benzene rings is 2. The zero-order chi connectivity index (χ0) is 18.6. The van der Waals surface area contributed by atoms with E-state index in [0.29, 0.717) is 21.7 Å². The summed E-state index contributed by atoms with van der Waals surface area (Å²) in [7, 11) is 1.07. The van der Waals surface area contributed by atoms with Crippen molar-refractivity contribution < 1.29 is 22.8 Å². The lowest BCUT2D eigenvalue weighted by Gasteiger charge is -2.19. The first kappa shape index (κ1) is 19.0. The van der Waals surface area contributed by atoms with Crippen molar-refractivity contribution in [3.8, 4) is 0 Å². The lowest BCUT2D eigenvalue weighted by Crippen LogP contribution is -2.37. The van der Waals surface area contributed by atoms with Gasteiger partial charge in [-0.2, -0.15) is 13.2 Å². The van der Waals surface area contributed by atoms with Crippen LogP contribution in [0.4, 0.5) is 18.9 Å². The highest BCUT2D eigenvalue weighted by atomic mass is 79.9. The SMILES string of the molecule is CN(Cc1cccc(NC(=O)c2ccc(Br)cc2)c1)C(=O)C(F)(F)F. The van der Waals surface area contributed by atoms with Crippen molar-refractivity contribution in [2.45, 2.75) is 12.7 Å². The van der Waals surface area contributed by atoms with Crippen LogP contribution in [0.1, 0.15) is 15.9 Å². The van der Waals surface area contributed by atoms with E-state index in [1.807, 2.05) is 0 Å². The first-order valence-corrected chi connectivity index (χ1v) is 7.94. The molecule has 2 aromatic carbocycles. The summed E-state index contributed by atoms with van der Waals surface area (Å²) < 4.78 is 38.1. The van der Waals surface area contributed by atoms with E-state index in [4.69, 9.17) is 0 Å². The van der Waals surface area contributed by atoms with Gasteiger partial charge >= 0.3 is 12.1 Å². The molecule has 2 amide bonds. The van der Waals surface area contributed by atoms with Gasteiger partial charge in [0.1, 0.15) is 0 Å². The summed E-state index contributed by atoms with van der Waals surface area (Å²) in [5.74, 6) is -2.26. The van der Waals surface area contributed by atoms with Gasteiger partial charge in [0, 0.05) is 29.3 Å². The van der Waals surface area contributed by atoms with Crippen molar-refractivity contribution in [2.75, 3.05) is 12.4 Å². The Hall–Kier alpha value is -2.35. The minimum Gasteiger partial charge on any atom is -0.334 e. The summed E-state index contributed by atoms with van der Waals surface area (Å²) >= 11 is 3.28. The van der Waals surface area contributed by atoms with Crippen LogP contribution >= 0.6 is 15.9 Å². The van der Waals surface area contributed by atoms with Crippen molar-refractivity contribution in [3.05, 3.63) is 64.1 Å². The van der Waals surface area contributed by atoms with E-state index in [-0.39, 0.29) is 12.5 Å². The summed E-state index contributed by atoms with van der Waals surface area (Å²) in [5, 5.41) is 2.67. The molecular weight excluding hydrogens is 401 g/mol. The number of rotatable bonds is 4. The highest BCUT2D eigenvalue weighted by Crippen LogP contribution is 2.20. The molecule has 0 atom stereocenters. The molecule has 0 saturated carbocycles. The largest absolute Gasteiger partial charge is 0.471 e. The second kappa shape index (κ2) is 7.69. The minimum absolute atomic E-state index is 0.222. The second-order valence-corrected chi connectivity index (χ2v) is 6.24. The number of hydrogen-bond acceptors (Lipinski definition) is 2. The standard InChI is InChI=1S/C17H14BrF3N2O2/c1-23(16(25)17(19,20)21)10-11-3-2-4-14(9-11)22-15(24)12-5-7-13(18)8-6-12/h2-9H,10H2,1H3,(H,22,24). The molecule has 0 bridgehead atoms. The first-order chi connectivity index (χ1) is 11.7. The van der Waals surface area contributed by atoms with Crippen molar-refractivity contribution in [2.24, 2.45) is 0 Å². The monoisotopic (exact) mass is 414 g/mol. The van der Waals surface area contributed by atoms with Crippen LogP contribution in [0.5, 0.6) is 0 Å². The number of halogens is 4. The molecule has 2 rings (SSSR count). The van der Waals surface area contributed by atoms with Gasteiger partial charge in [0.2, 0.25) is 0 Å². The fourth-order valence-corrected chi connectivity index (χ4v) is 2.38. The summed E-state index contributed by atoms with van der Waals surface area (Å²) in [6.45, 7) is -0.222. The van der Waals surface area contributed by atoms with Crippen LogP contribution in [0, 0.1) is 0 Å². The topological polar surface area (TPSA) is 49.4 Å². The molecule has 132 valence electrons. The van der Waals surface area contributed by atoms with E-state index in [1.54, 1.807) is 42.5 Å². The van der Waals surface area contributed by atoms with E-state index >= 15 is 0 Å². The Balaban J connectivity index is 2.07. The van der Waals surface area contributed by atoms with Gasteiger partial charge in [0.15, 0.2) is 0 Å². The van der Waals surface area contributed by atoms with E-state index < -0.39 is 12.1 Å². The van der Waals surface area contributed by atoms with E-state index in [1.165, 1.54) is 6.07 Å². The zero-order valence-electron chi connectivity index (χ0n) is 13.1. The first-order valence-electron chi connectivity index (χ1n) is 7.15. The third kappa shape index (κ3) is 5.32. The fourth-order valence-electron chi connectivity index (χ4n) is 2.11. The van der Waals surface area contributed by atoms with Gasteiger partial charge in [-0.25, -0.2) is 0 Å². The quantitative estimate of drug-likeness (QED) is 0.813. The maximum absolute atomic E-state index is 12.4. The maximum Gasteiger partial charge on any atom is 0.471 e. The molecule has 0 radical (unpaired) electrons. The molecule has 0 spiro atoms. The molecule has 1 N–H and O–H groups in total. The molecule has 0 saturated heterocycles. The maximum atomic E-state index is 12.4. The average Bonchev–Trinajstić information content (AvgIpc) is 2.54. The molecule has 4 nitrogen and oxygen atoms in total. The van der Waals surface area contributed by atoms with Crippen LogP contribution in [-0.4, -0.2) is 29.9 Å². The Bertz CT molecular complexity index is 776. The summed E-state index contributed by atoms with van der Waals surface area (Å²) in [6.07, 6.45) is -4.91. The van der Waals surface area contributed by atoms with Crippen molar-refractivity contribution in [3.63, 3.8) is 0 Å². The van der Waals surface area contributed by atoms with Crippen molar-refractivity contribution in [1.82, 2.24) is 4.90 Å². The molecular formula is C17H14BrF3N2O2. The van der Waals surface area contributed by atoms with Gasteiger partial charge in [0.05, 0.1) is 0 Å². The smallest absolute Gasteiger partial charge is 0.334 e. The number of amides is 2. The van der Waals surface area contributed by atoms with Crippen molar-refractivity contribution >= 4 is 33.4 Å². The lowest BCUT2D eigenvalue weighted by molar-refractivity contribution is -0.184. The summed E-state index contributed by atoms with van der Waals surface area (Å²) in [5.41, 5.74) is 1.34. The van der Waals surface area contributed by atoms with Gasteiger partial charge in [-0.05, 0) is 42.0 Å². The number of nitrogens with one attached hydrogen (secondary N) is 1. The minimum atomic E-state index is -4.91. The summed E-state index contributed by atoms with van der Waals surface area (Å²) in [6, 6.07) is 13.0. The lowest BCUT2D eigenvalue weighted by atomic mass is 10.1. The normalized spacial score (nSPS) is 11.1. The number of carbonyl (C=O) groups is 2. The molecule has 0 unspecified atom stereocenters. The average molecular weight is 415 g/mol. The number of anilines is 1. The molecule has 0 aromatic heterocycles. The molecule has 0 fully saturated rings. The second-order valence-electron chi connectivity index (χ2n) is 5.32. The summed E-state index contributed by atoms with van der Waals surface area (Å²) in [4.78, 5) is 23.9. The van der Waals surface area contributed by atoms with Crippen LogP contribution in [0.3, 0.4) is 0 Å². The van der Waals surface area contributed by atoms with Gasteiger partial charge in [-0.1, -0.05) is 28.1 Å². The third-order valence-corrected chi connectivity index (χ3v) is 3.83. The predicted octanol–water partition coefficient (Wildman–Crippen LogP) is 4.22. The molecule has 0 aliphatic carbocycles. The highest BCUT2D eigenvalue weighted by molar-refractivity contribution is 9.10. The van der Waals surface area contributed by atoms with Gasteiger partial charge in [-0.15, -0.1) is 0 Å². The van der Waals surface area contributed by atoms with Crippen LogP contribution in [-0.2, 0) is 11.3 Å². The van der Waals surface area contributed by atoms with Crippen LogP contribution in [0.2, 0.25) is 0 Å². The van der Waals surface area contributed by atoms with Crippen LogP contribution < -0.4 is 5.32 Å². The van der Waals surface area contributed by atoms with E-state index in [9.17, 15) is 22.8 Å². The number of hydrogen-bond donors (Lipinski definition) is 1. The van der Waals surface area contributed by atoms with Gasteiger partial charge in [0.25, 0.3) is 5.91 Å². The van der Waals surface area contributed by atoms with E-state index in [2.05, 4.69) is 21.2 Å².